The molecule has 0 spiro atoms. The van der Waals surface area contributed by atoms with Crippen molar-refractivity contribution in [2.24, 2.45) is 22.4 Å². The molecule has 2 aliphatic rings. The largest absolute Gasteiger partial charge is 0.480 e. The molecule has 0 bridgehead atoms. The topological polar surface area (TPSA) is 203 Å². The fourth-order valence-corrected chi connectivity index (χ4v) is 6.54. The summed E-state index contributed by atoms with van der Waals surface area (Å²) in [6.07, 6.45) is 0.491. The predicted molar refractivity (Wildman–Crippen MR) is 186 cm³/mol. The van der Waals surface area contributed by atoms with Crippen LogP contribution in [0.1, 0.15) is 74.6 Å². The molecule has 51 heavy (non-hydrogen) atoms. The average molecular weight is 714 g/mol. The zero-order chi connectivity index (χ0) is 37.0. The van der Waals surface area contributed by atoms with Gasteiger partial charge in [0.15, 0.2) is 5.96 Å². The molecule has 2 aliphatic heterocycles. The van der Waals surface area contributed by atoms with Crippen molar-refractivity contribution < 1.29 is 32.7 Å². The third-order valence-electron chi connectivity index (χ3n) is 9.31. The lowest BCUT2D eigenvalue weighted by molar-refractivity contribution is -0.142. The molecule has 2 unspecified atom stereocenters. The van der Waals surface area contributed by atoms with E-state index in [1.54, 1.807) is 23.1 Å². The van der Waals surface area contributed by atoms with Gasteiger partial charge >= 0.3 is 12.1 Å². The highest BCUT2D eigenvalue weighted by molar-refractivity contribution is 5.86. The van der Waals surface area contributed by atoms with Crippen LogP contribution in [0.25, 0.3) is 0 Å². The summed E-state index contributed by atoms with van der Waals surface area (Å²) in [5.41, 5.74) is 11.4. The Labute approximate surface area is 295 Å². The molecule has 0 saturated carbocycles. The second kappa shape index (κ2) is 18.2. The highest BCUT2D eigenvalue weighted by Crippen LogP contribution is 2.36. The average Bonchev–Trinajstić information content (AvgIpc) is 3.60. The zero-order valence-corrected chi connectivity index (χ0v) is 28.5. The fraction of sp³-hybridized carbons (Fsp3) is 0.543. The van der Waals surface area contributed by atoms with E-state index in [4.69, 9.17) is 16.7 Å². The minimum Gasteiger partial charge on any atom is -0.480 e. The van der Waals surface area contributed by atoms with Crippen LogP contribution in [0.5, 0.6) is 0 Å². The lowest BCUT2D eigenvalue weighted by Gasteiger charge is -2.35. The number of alkyl halides is 3. The van der Waals surface area contributed by atoms with Crippen molar-refractivity contribution in [1.82, 2.24) is 15.6 Å². The summed E-state index contributed by atoms with van der Waals surface area (Å²) in [7, 11) is 0. The molecule has 16 heteroatoms. The number of nitrogens with two attached hydrogens (primary N) is 2. The molecule has 0 aliphatic carbocycles. The molecule has 7 N–H and O–H groups in total. The maximum Gasteiger partial charge on any atom is 0.433 e. The Balaban J connectivity index is 1.30. The number of carbonyl (C=O) groups is 3. The van der Waals surface area contributed by atoms with Gasteiger partial charge in [-0.15, -0.1) is 0 Å². The number of piperidine rings is 1. The molecular weight excluding hydrogens is 667 g/mol. The molecular formula is C35H46F3N9O4. The first-order valence-corrected chi connectivity index (χ1v) is 17.3. The van der Waals surface area contributed by atoms with Crippen LogP contribution < -0.4 is 31.9 Å². The summed E-state index contributed by atoms with van der Waals surface area (Å²) >= 11 is 0. The molecule has 1 aromatic heterocycles. The predicted octanol–water partition coefficient (Wildman–Crippen LogP) is 3.31. The third kappa shape index (κ3) is 11.8. The smallest absolute Gasteiger partial charge is 0.433 e. The Bertz CT molecular complexity index is 1570. The van der Waals surface area contributed by atoms with Gasteiger partial charge in [0, 0.05) is 50.9 Å². The summed E-state index contributed by atoms with van der Waals surface area (Å²) in [6, 6.07) is 10.1. The second-order valence-corrected chi connectivity index (χ2v) is 13.0. The number of guanidine groups is 1. The molecule has 1 aromatic carbocycles. The number of aliphatic imine (C=N–C) groups is 1. The number of hydrogen-bond acceptors (Lipinski definition) is 8. The van der Waals surface area contributed by atoms with Crippen molar-refractivity contribution >= 4 is 35.2 Å². The molecule has 2 saturated heterocycles. The summed E-state index contributed by atoms with van der Waals surface area (Å²) in [4.78, 5) is 48.5. The minimum atomic E-state index is -4.67. The molecule has 2 atom stereocenters. The van der Waals surface area contributed by atoms with Gasteiger partial charge in [-0.1, -0.05) is 12.1 Å². The quantitative estimate of drug-likeness (QED) is 0.0976. The number of anilines is 2. The zero-order valence-electron chi connectivity index (χ0n) is 28.5. The Kier molecular flexibility index (Phi) is 13.9. The molecule has 3 heterocycles. The third-order valence-corrected chi connectivity index (χ3v) is 9.31. The van der Waals surface area contributed by atoms with Crippen molar-refractivity contribution in [3.63, 3.8) is 0 Å². The van der Waals surface area contributed by atoms with Gasteiger partial charge in [-0.2, -0.15) is 18.4 Å². The van der Waals surface area contributed by atoms with Gasteiger partial charge in [-0.25, -0.2) is 9.78 Å². The van der Waals surface area contributed by atoms with Crippen LogP contribution in [0.2, 0.25) is 0 Å². The number of carboxylic acid groups (broad SMARTS) is 1. The first kappa shape index (κ1) is 38.7. The van der Waals surface area contributed by atoms with Crippen molar-refractivity contribution in [3.8, 4) is 6.07 Å². The molecule has 13 nitrogen and oxygen atoms in total. The first-order valence-electron chi connectivity index (χ1n) is 17.3. The fourth-order valence-electron chi connectivity index (χ4n) is 6.54. The van der Waals surface area contributed by atoms with E-state index in [-0.39, 0.29) is 48.9 Å². The number of amides is 2. The number of benzene rings is 1. The van der Waals surface area contributed by atoms with Crippen LogP contribution >= 0.6 is 0 Å². The van der Waals surface area contributed by atoms with E-state index in [1.807, 2.05) is 17.0 Å². The highest BCUT2D eigenvalue weighted by atomic mass is 19.4. The van der Waals surface area contributed by atoms with Gasteiger partial charge in [0.1, 0.15) is 23.6 Å². The van der Waals surface area contributed by atoms with Gasteiger partial charge in [0.05, 0.1) is 11.6 Å². The minimum absolute atomic E-state index is 0.0839. The van der Waals surface area contributed by atoms with Crippen LogP contribution in [-0.4, -0.2) is 78.6 Å². The number of aromatic nitrogens is 1. The maximum absolute atomic E-state index is 14.1. The number of rotatable bonds is 16. The normalized spacial score (nSPS) is 17.0. The van der Waals surface area contributed by atoms with E-state index in [9.17, 15) is 32.7 Å². The molecule has 2 fully saturated rings. The van der Waals surface area contributed by atoms with Crippen molar-refractivity contribution in [2.75, 3.05) is 42.5 Å². The van der Waals surface area contributed by atoms with E-state index in [0.29, 0.717) is 69.5 Å². The van der Waals surface area contributed by atoms with Gasteiger partial charge < -0.3 is 37.0 Å². The summed E-state index contributed by atoms with van der Waals surface area (Å²) in [5.74, 6) is -1.45. The first-order chi connectivity index (χ1) is 24.3. The standard InChI is InChI=1S/C35H46F3N9O4/c36-35(37,38)29-20-26(21-30(45-29)47-17-3-6-28(47)32(49)42-16-12-24-8-10-25(22-39)11-9-24)46-18-13-23(14-19-46)4-1-7-31(48)44-27(33(50)51)5-2-15-43-34(40)41/h8-11,20-21,23,27-28H,1-7,12-19H2,(H,42,49)(H,44,48)(H,50,51)(H4,40,41,43). The monoisotopic (exact) mass is 713 g/mol. The van der Waals surface area contributed by atoms with Gasteiger partial charge in [-0.05, 0) is 87.5 Å². The van der Waals surface area contributed by atoms with Crippen LogP contribution in [0, 0.1) is 17.2 Å². The number of carbonyl (C=O) groups excluding carboxylic acids is 2. The van der Waals surface area contributed by atoms with E-state index in [0.717, 1.165) is 30.9 Å². The molecule has 2 amide bonds. The lowest BCUT2D eigenvalue weighted by atomic mass is 9.91. The van der Waals surface area contributed by atoms with Crippen LogP contribution in [0.4, 0.5) is 24.7 Å². The summed E-state index contributed by atoms with van der Waals surface area (Å²) in [5, 5.41) is 23.9. The Morgan fingerprint density at radius 2 is 1.80 bits per heavy atom. The number of nitrogens with zero attached hydrogens (tertiary/aromatic N) is 5. The van der Waals surface area contributed by atoms with Gasteiger partial charge in [0.2, 0.25) is 11.8 Å². The SMILES string of the molecule is N#Cc1ccc(CCNC(=O)C2CCCN2c2cc(N3CCC(CCCC(=O)NC(CCCN=C(N)N)C(=O)O)CC3)cc(C(F)(F)F)n2)cc1. The van der Waals surface area contributed by atoms with Gasteiger partial charge in [-0.3, -0.25) is 14.6 Å². The van der Waals surface area contributed by atoms with Crippen LogP contribution in [0.3, 0.4) is 0 Å². The maximum atomic E-state index is 14.1. The number of nitriles is 1. The number of pyridine rings is 1. The number of carboxylic acids is 1. The van der Waals surface area contributed by atoms with Crippen molar-refractivity contribution in [1.29, 1.82) is 5.26 Å². The Hall–Kier alpha value is -5.07. The van der Waals surface area contributed by atoms with Crippen LogP contribution in [0.15, 0.2) is 41.4 Å². The van der Waals surface area contributed by atoms with E-state index < -0.39 is 29.9 Å². The van der Waals surface area contributed by atoms with Crippen molar-refractivity contribution in [3.05, 3.63) is 53.2 Å². The van der Waals surface area contributed by atoms with E-state index in [1.165, 1.54) is 0 Å². The van der Waals surface area contributed by atoms with Crippen molar-refractivity contribution in [2.45, 2.75) is 82.5 Å². The summed E-state index contributed by atoms with van der Waals surface area (Å²) in [6.45, 7) is 2.06. The number of nitrogens with one attached hydrogen (secondary N) is 2. The van der Waals surface area contributed by atoms with Crippen LogP contribution in [-0.2, 0) is 27.0 Å². The lowest BCUT2D eigenvalue weighted by Crippen LogP contribution is -2.44. The molecule has 4 rings (SSSR count). The van der Waals surface area contributed by atoms with Gasteiger partial charge in [0.25, 0.3) is 0 Å². The molecule has 276 valence electrons. The molecule has 2 aromatic rings. The van der Waals surface area contributed by atoms with E-state index >= 15 is 0 Å². The Morgan fingerprint density at radius 1 is 1.08 bits per heavy atom. The van der Waals surface area contributed by atoms with E-state index in [2.05, 4.69) is 26.7 Å². The second-order valence-electron chi connectivity index (χ2n) is 13.0. The Morgan fingerprint density at radius 3 is 2.45 bits per heavy atom. The summed E-state index contributed by atoms with van der Waals surface area (Å²) < 4.78 is 42.2. The number of halogens is 3. The number of hydrogen-bond donors (Lipinski definition) is 5. The number of aliphatic carboxylic acids is 1. The highest BCUT2D eigenvalue weighted by Gasteiger charge is 2.37. The molecule has 0 radical (unpaired) electrons.